The maximum Gasteiger partial charge on any atom is 0.223 e. The molecular weight excluding hydrogens is 245 g/mol. The average molecular weight is 258 g/mol. The number of halogens is 2. The predicted octanol–water partition coefficient (Wildman–Crippen LogP) is 1.10. The van der Waals surface area contributed by atoms with E-state index in [1.54, 1.807) is 5.38 Å². The highest BCUT2D eigenvalue weighted by molar-refractivity contribution is 7.13. The maximum atomic E-state index is 9.04. The largest absolute Gasteiger partial charge is 0.493 e. The number of aromatic nitrogens is 1. The van der Waals surface area contributed by atoms with E-state index in [1.165, 1.54) is 11.3 Å². The lowest BCUT2D eigenvalue weighted by Gasteiger charge is -2.26. The van der Waals surface area contributed by atoms with Crippen LogP contribution in [0.4, 0.5) is 5.13 Å². The lowest BCUT2D eigenvalue weighted by molar-refractivity contribution is 0.456. The fourth-order valence-electron chi connectivity index (χ4n) is 1.26. The Kier molecular flexibility index (Phi) is 6.19. The maximum absolute atomic E-state index is 9.04. The van der Waals surface area contributed by atoms with E-state index in [-0.39, 0.29) is 30.7 Å². The Balaban J connectivity index is 0.000000845. The lowest BCUT2D eigenvalue weighted by atomic mass is 10.4. The second-order valence-electron chi connectivity index (χ2n) is 2.73. The first-order valence-corrected chi connectivity index (χ1v) is 4.84. The van der Waals surface area contributed by atoms with Crippen LogP contribution in [0.5, 0.6) is 5.88 Å². The topological polar surface area (TPSA) is 48.4 Å². The van der Waals surface area contributed by atoms with E-state index in [2.05, 4.69) is 15.2 Å². The third-order valence-corrected chi connectivity index (χ3v) is 2.76. The molecule has 1 aliphatic rings. The van der Waals surface area contributed by atoms with E-state index < -0.39 is 0 Å². The highest BCUT2D eigenvalue weighted by Gasteiger charge is 2.13. The molecule has 2 N–H and O–H groups in total. The van der Waals surface area contributed by atoms with E-state index in [0.717, 1.165) is 31.3 Å². The van der Waals surface area contributed by atoms with Gasteiger partial charge in [-0.25, -0.2) is 0 Å². The molecule has 14 heavy (non-hydrogen) atoms. The van der Waals surface area contributed by atoms with Crippen molar-refractivity contribution in [1.82, 2.24) is 10.3 Å². The molecule has 2 rings (SSSR count). The number of piperazine rings is 1. The van der Waals surface area contributed by atoms with Gasteiger partial charge in [0.25, 0.3) is 0 Å². The van der Waals surface area contributed by atoms with Crippen LogP contribution in [0.15, 0.2) is 5.38 Å². The zero-order chi connectivity index (χ0) is 8.39. The SMILES string of the molecule is Cl.Cl.Oc1csc(N2CCNCC2)n1. The van der Waals surface area contributed by atoms with Crippen LogP contribution in [0.1, 0.15) is 0 Å². The molecule has 1 aromatic heterocycles. The number of thiazole rings is 1. The van der Waals surface area contributed by atoms with E-state index in [4.69, 9.17) is 5.11 Å². The molecule has 2 heterocycles. The third kappa shape index (κ3) is 3.16. The summed E-state index contributed by atoms with van der Waals surface area (Å²) < 4.78 is 0. The second-order valence-corrected chi connectivity index (χ2v) is 3.56. The number of hydrogen-bond acceptors (Lipinski definition) is 5. The van der Waals surface area contributed by atoms with Gasteiger partial charge in [0.05, 0.1) is 5.38 Å². The van der Waals surface area contributed by atoms with Crippen molar-refractivity contribution >= 4 is 41.3 Å². The van der Waals surface area contributed by atoms with E-state index in [1.807, 2.05) is 0 Å². The first kappa shape index (κ1) is 13.8. The van der Waals surface area contributed by atoms with Crippen LogP contribution in [0, 0.1) is 0 Å². The fraction of sp³-hybridized carbons (Fsp3) is 0.571. The molecule has 82 valence electrons. The first-order valence-electron chi connectivity index (χ1n) is 3.96. The van der Waals surface area contributed by atoms with Gasteiger partial charge in [-0.3, -0.25) is 0 Å². The summed E-state index contributed by atoms with van der Waals surface area (Å²) in [5.41, 5.74) is 0. The summed E-state index contributed by atoms with van der Waals surface area (Å²) in [7, 11) is 0. The second kappa shape index (κ2) is 6.29. The van der Waals surface area contributed by atoms with Crippen LogP contribution < -0.4 is 10.2 Å². The molecule has 0 aliphatic carbocycles. The minimum atomic E-state index is 0. The van der Waals surface area contributed by atoms with Crippen molar-refractivity contribution in [3.63, 3.8) is 0 Å². The quantitative estimate of drug-likeness (QED) is 0.792. The lowest BCUT2D eigenvalue weighted by Crippen LogP contribution is -2.43. The standard InChI is InChI=1S/C7H11N3OS.2ClH/c11-6-5-12-7(9-6)10-3-1-8-2-4-10;;/h5,8,11H,1-4H2;2*1H. The van der Waals surface area contributed by atoms with Crippen molar-refractivity contribution in [2.75, 3.05) is 31.1 Å². The summed E-state index contributed by atoms with van der Waals surface area (Å²) >= 11 is 1.49. The Morgan fingerprint density at radius 2 is 2.00 bits per heavy atom. The van der Waals surface area contributed by atoms with Crippen LogP contribution in [0.3, 0.4) is 0 Å². The molecule has 0 bridgehead atoms. The summed E-state index contributed by atoms with van der Waals surface area (Å²) in [6, 6.07) is 0. The van der Waals surface area contributed by atoms with Gasteiger partial charge in [0.1, 0.15) is 0 Å². The Bertz CT molecular complexity index is 265. The van der Waals surface area contributed by atoms with E-state index >= 15 is 0 Å². The van der Waals surface area contributed by atoms with Crippen molar-refractivity contribution in [3.05, 3.63) is 5.38 Å². The van der Waals surface area contributed by atoms with Crippen LogP contribution in [-0.2, 0) is 0 Å². The van der Waals surface area contributed by atoms with Gasteiger partial charge < -0.3 is 15.3 Å². The molecule has 0 radical (unpaired) electrons. The number of hydrogen-bond donors (Lipinski definition) is 2. The fourth-order valence-corrected chi connectivity index (χ4v) is 2.00. The molecule has 0 atom stereocenters. The number of rotatable bonds is 1. The minimum Gasteiger partial charge on any atom is -0.493 e. The molecule has 0 saturated carbocycles. The number of nitrogens with one attached hydrogen (secondary N) is 1. The number of aromatic hydroxyl groups is 1. The Labute approximate surface area is 99.2 Å². The van der Waals surface area contributed by atoms with Crippen molar-refractivity contribution in [2.24, 2.45) is 0 Å². The molecule has 7 heteroatoms. The predicted molar refractivity (Wildman–Crippen MR) is 63.4 cm³/mol. The molecule has 0 amide bonds. The Morgan fingerprint density at radius 1 is 1.36 bits per heavy atom. The summed E-state index contributed by atoms with van der Waals surface area (Å²) in [6.07, 6.45) is 0. The van der Waals surface area contributed by atoms with Crippen molar-refractivity contribution in [3.8, 4) is 5.88 Å². The molecule has 0 unspecified atom stereocenters. The van der Waals surface area contributed by atoms with E-state index in [0.29, 0.717) is 0 Å². The van der Waals surface area contributed by atoms with Gasteiger partial charge in [-0.15, -0.1) is 36.2 Å². The van der Waals surface area contributed by atoms with Crippen molar-refractivity contribution in [2.45, 2.75) is 0 Å². The number of nitrogens with zero attached hydrogens (tertiary/aromatic N) is 2. The third-order valence-electron chi connectivity index (χ3n) is 1.87. The Morgan fingerprint density at radius 3 is 2.50 bits per heavy atom. The van der Waals surface area contributed by atoms with Gasteiger partial charge in [0, 0.05) is 26.2 Å². The first-order chi connectivity index (χ1) is 5.86. The molecule has 1 saturated heterocycles. The number of anilines is 1. The average Bonchev–Trinajstić information content (AvgIpc) is 2.54. The Hall–Kier alpha value is -0.230. The summed E-state index contributed by atoms with van der Waals surface area (Å²) in [4.78, 5) is 6.19. The smallest absolute Gasteiger partial charge is 0.223 e. The summed E-state index contributed by atoms with van der Waals surface area (Å²) in [6.45, 7) is 3.96. The van der Waals surface area contributed by atoms with Gasteiger partial charge in [-0.1, -0.05) is 0 Å². The van der Waals surface area contributed by atoms with Gasteiger partial charge >= 0.3 is 0 Å². The molecular formula is C7H13Cl2N3OS. The van der Waals surface area contributed by atoms with Gasteiger partial charge in [0.15, 0.2) is 5.13 Å². The van der Waals surface area contributed by atoms with Crippen molar-refractivity contribution in [1.29, 1.82) is 0 Å². The highest BCUT2D eigenvalue weighted by atomic mass is 35.5. The zero-order valence-corrected chi connectivity index (χ0v) is 9.92. The van der Waals surface area contributed by atoms with Crippen LogP contribution in [0.25, 0.3) is 0 Å². The van der Waals surface area contributed by atoms with Crippen molar-refractivity contribution < 1.29 is 5.11 Å². The minimum absolute atomic E-state index is 0. The van der Waals surface area contributed by atoms with Crippen LogP contribution in [0.2, 0.25) is 0 Å². The molecule has 1 fully saturated rings. The molecule has 0 aromatic carbocycles. The van der Waals surface area contributed by atoms with Crippen LogP contribution >= 0.6 is 36.2 Å². The highest BCUT2D eigenvalue weighted by Crippen LogP contribution is 2.23. The zero-order valence-electron chi connectivity index (χ0n) is 7.47. The summed E-state index contributed by atoms with van der Waals surface area (Å²) in [5, 5.41) is 14.9. The molecule has 4 nitrogen and oxygen atoms in total. The van der Waals surface area contributed by atoms with E-state index in [9.17, 15) is 0 Å². The van der Waals surface area contributed by atoms with Crippen LogP contribution in [-0.4, -0.2) is 36.3 Å². The molecule has 0 spiro atoms. The molecule has 1 aromatic rings. The van der Waals surface area contributed by atoms with Gasteiger partial charge in [-0.2, -0.15) is 4.98 Å². The molecule has 1 aliphatic heterocycles. The monoisotopic (exact) mass is 257 g/mol. The summed E-state index contributed by atoms with van der Waals surface area (Å²) in [5.74, 6) is 0.133. The van der Waals surface area contributed by atoms with Gasteiger partial charge in [-0.05, 0) is 0 Å². The van der Waals surface area contributed by atoms with Gasteiger partial charge in [0.2, 0.25) is 5.88 Å². The normalized spacial score (nSPS) is 15.6.